The number of methoxy groups -OCH3 is 1. The molecule has 1 fully saturated rings. The number of nitrogens with zero attached hydrogens (tertiary/aromatic N) is 2. The number of benzene rings is 2. The summed E-state index contributed by atoms with van der Waals surface area (Å²) in [4.78, 5) is 15.2. The molecule has 8 heteroatoms. The van der Waals surface area contributed by atoms with Crippen molar-refractivity contribution in [3.8, 4) is 5.75 Å². The number of hydrogen-bond acceptors (Lipinski definition) is 5. The second kappa shape index (κ2) is 10.3. The van der Waals surface area contributed by atoms with Crippen LogP contribution in [0.2, 0.25) is 0 Å². The quantitative estimate of drug-likeness (QED) is 0.706. The van der Waals surface area contributed by atoms with E-state index < -0.39 is 10.0 Å². The van der Waals surface area contributed by atoms with Crippen LogP contribution in [-0.2, 0) is 14.8 Å². The van der Waals surface area contributed by atoms with E-state index >= 15 is 0 Å². The highest BCUT2D eigenvalue weighted by Gasteiger charge is 2.25. The molecule has 0 unspecified atom stereocenters. The number of carbonyl (C=O) groups is 1. The van der Waals surface area contributed by atoms with Gasteiger partial charge in [-0.15, -0.1) is 0 Å². The van der Waals surface area contributed by atoms with E-state index in [1.807, 2.05) is 12.1 Å². The van der Waals surface area contributed by atoms with E-state index in [1.54, 1.807) is 19.2 Å². The molecule has 168 valence electrons. The van der Waals surface area contributed by atoms with Gasteiger partial charge < -0.3 is 10.1 Å². The van der Waals surface area contributed by atoms with Crippen LogP contribution in [0.25, 0.3) is 0 Å². The van der Waals surface area contributed by atoms with Crippen LogP contribution in [0.1, 0.15) is 37.3 Å². The molecule has 2 aromatic rings. The van der Waals surface area contributed by atoms with Crippen LogP contribution in [0.15, 0.2) is 53.4 Å². The van der Waals surface area contributed by atoms with Crippen LogP contribution in [0.5, 0.6) is 5.75 Å². The third kappa shape index (κ3) is 5.84. The maximum absolute atomic E-state index is 12.8. The molecule has 2 aromatic carbocycles. The van der Waals surface area contributed by atoms with E-state index in [4.69, 9.17) is 4.74 Å². The summed E-state index contributed by atoms with van der Waals surface area (Å²) in [6, 6.07) is 14.5. The Kier molecular flexibility index (Phi) is 7.69. The van der Waals surface area contributed by atoms with Crippen molar-refractivity contribution in [2.24, 2.45) is 0 Å². The van der Waals surface area contributed by atoms with Crippen LogP contribution in [0, 0.1) is 0 Å². The highest BCUT2D eigenvalue weighted by molar-refractivity contribution is 7.89. The Morgan fingerprint density at radius 1 is 1.06 bits per heavy atom. The van der Waals surface area contributed by atoms with Crippen molar-refractivity contribution in [1.82, 2.24) is 9.21 Å². The van der Waals surface area contributed by atoms with E-state index in [2.05, 4.69) is 22.3 Å². The van der Waals surface area contributed by atoms with Gasteiger partial charge in [0.25, 0.3) is 0 Å². The van der Waals surface area contributed by atoms with Gasteiger partial charge in [0.05, 0.1) is 18.6 Å². The standard InChI is InChI=1S/C23H31N3O4S/c1-25(2)31(28,29)21-14-10-19(11-15-21)24-23(27)17-26-16-6-4-5-7-22(26)18-8-12-20(30-3)13-9-18/h8-15,22H,4-7,16-17H2,1-3H3,(H,24,27)/t22-/m1/s1. The molecule has 7 nitrogen and oxygen atoms in total. The zero-order chi connectivity index (χ0) is 22.4. The molecule has 1 atom stereocenters. The van der Waals surface area contributed by atoms with Crippen molar-refractivity contribution in [3.05, 3.63) is 54.1 Å². The molecule has 0 radical (unpaired) electrons. The molecule has 1 aliphatic heterocycles. The maximum atomic E-state index is 12.8. The fourth-order valence-electron chi connectivity index (χ4n) is 3.87. The van der Waals surface area contributed by atoms with Gasteiger partial charge in [-0.3, -0.25) is 9.69 Å². The molecule has 31 heavy (non-hydrogen) atoms. The number of sulfonamides is 1. The zero-order valence-corrected chi connectivity index (χ0v) is 19.2. The Hall–Kier alpha value is -2.42. The van der Waals surface area contributed by atoms with Gasteiger partial charge in [-0.1, -0.05) is 25.0 Å². The Morgan fingerprint density at radius 3 is 2.35 bits per heavy atom. The predicted octanol–water partition coefficient (Wildman–Crippen LogP) is 3.50. The topological polar surface area (TPSA) is 79.0 Å². The number of hydrogen-bond donors (Lipinski definition) is 1. The van der Waals surface area contributed by atoms with Crippen LogP contribution >= 0.6 is 0 Å². The van der Waals surface area contributed by atoms with Gasteiger partial charge in [0.15, 0.2) is 0 Å². The molecular formula is C23H31N3O4S. The molecule has 0 aromatic heterocycles. The predicted molar refractivity (Wildman–Crippen MR) is 122 cm³/mol. The van der Waals surface area contributed by atoms with Crippen LogP contribution in [0.3, 0.4) is 0 Å². The van der Waals surface area contributed by atoms with Gasteiger partial charge in [0.1, 0.15) is 5.75 Å². The lowest BCUT2D eigenvalue weighted by molar-refractivity contribution is -0.117. The lowest BCUT2D eigenvalue weighted by Crippen LogP contribution is -2.36. The van der Waals surface area contributed by atoms with Crippen molar-refractivity contribution in [1.29, 1.82) is 0 Å². The summed E-state index contributed by atoms with van der Waals surface area (Å²) >= 11 is 0. The molecule has 0 bridgehead atoms. The normalized spacial score (nSPS) is 17.9. The fourth-order valence-corrected chi connectivity index (χ4v) is 4.77. The van der Waals surface area contributed by atoms with Gasteiger partial charge in [0.2, 0.25) is 15.9 Å². The molecule has 1 aliphatic rings. The lowest BCUT2D eigenvalue weighted by atomic mass is 10.0. The second-order valence-electron chi connectivity index (χ2n) is 7.97. The molecule has 0 spiro atoms. The Bertz CT molecular complexity index is 973. The molecule has 1 N–H and O–H groups in total. The molecule has 1 saturated heterocycles. The van der Waals surface area contributed by atoms with Crippen LogP contribution in [0.4, 0.5) is 5.69 Å². The summed E-state index contributed by atoms with van der Waals surface area (Å²) in [5, 5.41) is 2.90. The summed E-state index contributed by atoms with van der Waals surface area (Å²) in [7, 11) is 1.15. The van der Waals surface area contributed by atoms with Gasteiger partial charge in [-0.25, -0.2) is 12.7 Å². The zero-order valence-electron chi connectivity index (χ0n) is 18.4. The molecule has 1 amide bonds. The smallest absolute Gasteiger partial charge is 0.242 e. The van der Waals surface area contributed by atoms with E-state index in [1.165, 1.54) is 36.1 Å². The molecular weight excluding hydrogens is 414 g/mol. The molecule has 3 rings (SSSR count). The Morgan fingerprint density at radius 2 is 1.74 bits per heavy atom. The minimum atomic E-state index is -3.49. The van der Waals surface area contributed by atoms with Gasteiger partial charge in [-0.2, -0.15) is 0 Å². The minimum absolute atomic E-state index is 0.108. The summed E-state index contributed by atoms with van der Waals surface area (Å²) in [5.41, 5.74) is 1.77. The highest BCUT2D eigenvalue weighted by atomic mass is 32.2. The molecule has 0 saturated carbocycles. The number of likely N-dealkylation sites (tertiary alicyclic amines) is 1. The average molecular weight is 446 g/mol. The third-order valence-electron chi connectivity index (χ3n) is 5.63. The second-order valence-corrected chi connectivity index (χ2v) is 10.1. The molecule has 0 aliphatic carbocycles. The first-order chi connectivity index (χ1) is 14.8. The van der Waals surface area contributed by atoms with E-state index in [-0.39, 0.29) is 23.4 Å². The SMILES string of the molecule is COc1ccc([C@H]2CCCCCN2CC(=O)Nc2ccc(S(=O)(=O)N(C)C)cc2)cc1. The third-order valence-corrected chi connectivity index (χ3v) is 7.46. The van der Waals surface area contributed by atoms with Gasteiger partial charge in [-0.05, 0) is 61.3 Å². The number of anilines is 1. The fraction of sp³-hybridized carbons (Fsp3) is 0.435. The maximum Gasteiger partial charge on any atom is 0.242 e. The Balaban J connectivity index is 1.68. The van der Waals surface area contributed by atoms with Crippen LogP contribution < -0.4 is 10.1 Å². The van der Waals surface area contributed by atoms with Crippen molar-refractivity contribution in [2.75, 3.05) is 39.6 Å². The summed E-state index contributed by atoms with van der Waals surface area (Å²) < 4.78 is 30.8. The van der Waals surface area contributed by atoms with Crippen molar-refractivity contribution >= 4 is 21.6 Å². The number of nitrogens with one attached hydrogen (secondary N) is 1. The summed E-state index contributed by atoms with van der Waals surface area (Å²) in [5.74, 6) is 0.713. The summed E-state index contributed by atoms with van der Waals surface area (Å²) in [6.07, 6.45) is 4.37. The number of ether oxygens (including phenoxy) is 1. The monoisotopic (exact) mass is 445 g/mol. The van der Waals surface area contributed by atoms with Crippen LogP contribution in [-0.4, -0.2) is 57.8 Å². The Labute approximate surface area is 185 Å². The largest absolute Gasteiger partial charge is 0.497 e. The van der Waals surface area contributed by atoms with Gasteiger partial charge in [0, 0.05) is 25.8 Å². The minimum Gasteiger partial charge on any atom is -0.497 e. The first-order valence-electron chi connectivity index (χ1n) is 10.5. The average Bonchev–Trinajstić information content (AvgIpc) is 2.99. The van der Waals surface area contributed by atoms with E-state index in [9.17, 15) is 13.2 Å². The van der Waals surface area contributed by atoms with Crippen molar-refractivity contribution in [2.45, 2.75) is 36.6 Å². The van der Waals surface area contributed by atoms with E-state index in [0.29, 0.717) is 5.69 Å². The first kappa shape index (κ1) is 23.2. The number of carbonyl (C=O) groups excluding carboxylic acids is 1. The van der Waals surface area contributed by atoms with Crippen molar-refractivity contribution < 1.29 is 17.9 Å². The van der Waals surface area contributed by atoms with E-state index in [0.717, 1.165) is 38.0 Å². The number of rotatable bonds is 7. The lowest BCUT2D eigenvalue weighted by Gasteiger charge is -2.29. The van der Waals surface area contributed by atoms with Gasteiger partial charge >= 0.3 is 0 Å². The highest BCUT2D eigenvalue weighted by Crippen LogP contribution is 2.31. The number of amides is 1. The summed E-state index contributed by atoms with van der Waals surface area (Å²) in [6.45, 7) is 1.15. The van der Waals surface area contributed by atoms with Crippen molar-refractivity contribution in [3.63, 3.8) is 0 Å². The molecule has 1 heterocycles. The first-order valence-corrected chi connectivity index (χ1v) is 12.0.